The van der Waals surface area contributed by atoms with Crippen LogP contribution in [-0.2, 0) is 9.53 Å². The van der Waals surface area contributed by atoms with Gasteiger partial charge in [-0.15, -0.1) is 24.8 Å². The van der Waals surface area contributed by atoms with E-state index < -0.39 is 0 Å². The van der Waals surface area contributed by atoms with Crippen molar-refractivity contribution in [1.82, 2.24) is 15.1 Å². The van der Waals surface area contributed by atoms with Crippen LogP contribution >= 0.6 is 24.8 Å². The van der Waals surface area contributed by atoms with Crippen LogP contribution in [0.5, 0.6) is 0 Å². The normalized spacial score (nSPS) is 21.6. The summed E-state index contributed by atoms with van der Waals surface area (Å²) in [6.45, 7) is 4.45. The van der Waals surface area contributed by atoms with Gasteiger partial charge in [0.2, 0.25) is 5.91 Å². The van der Waals surface area contributed by atoms with Crippen LogP contribution in [0, 0.1) is 0 Å². The van der Waals surface area contributed by atoms with E-state index in [1.807, 2.05) is 11.9 Å². The molecule has 0 aromatic heterocycles. The van der Waals surface area contributed by atoms with Crippen LogP contribution in [0.3, 0.4) is 0 Å². The maximum absolute atomic E-state index is 12.3. The number of hydrogen-bond donors (Lipinski definition) is 1. The predicted octanol–water partition coefficient (Wildman–Crippen LogP) is 1.93. The molecule has 23 heavy (non-hydrogen) atoms. The predicted molar refractivity (Wildman–Crippen MR) is 98.9 cm³/mol. The number of halogens is 2. The highest BCUT2D eigenvalue weighted by Crippen LogP contribution is 2.17. The summed E-state index contributed by atoms with van der Waals surface area (Å²) >= 11 is 0. The Morgan fingerprint density at radius 1 is 1.17 bits per heavy atom. The molecule has 0 aromatic carbocycles. The number of rotatable bonds is 7. The highest BCUT2D eigenvalue weighted by atomic mass is 35.5. The van der Waals surface area contributed by atoms with Gasteiger partial charge in [0.15, 0.2) is 0 Å². The van der Waals surface area contributed by atoms with E-state index >= 15 is 0 Å². The van der Waals surface area contributed by atoms with E-state index in [0.29, 0.717) is 18.7 Å². The zero-order valence-electron chi connectivity index (χ0n) is 14.5. The third-order valence-electron chi connectivity index (χ3n) is 4.79. The molecule has 2 aliphatic rings. The molecule has 2 rings (SSSR count). The first kappa shape index (κ1) is 22.9. The molecule has 138 valence electrons. The topological polar surface area (TPSA) is 44.8 Å². The summed E-state index contributed by atoms with van der Waals surface area (Å²) in [5.41, 5.74) is 0. The molecule has 2 heterocycles. The quantitative estimate of drug-likeness (QED) is 0.744. The number of nitrogens with one attached hydrogen (secondary N) is 1. The van der Waals surface area contributed by atoms with Crippen molar-refractivity contribution in [3.63, 3.8) is 0 Å². The lowest BCUT2D eigenvalue weighted by Crippen LogP contribution is -2.45. The average Bonchev–Trinajstić information content (AvgIpc) is 3.01. The Labute approximate surface area is 153 Å². The number of ether oxygens (including phenoxy) is 1. The standard InChI is InChI=1S/C16H31N3O2.2ClH/c1-18(11-3-5-15-6-4-12-21-15)16(20)13-19(2)14-7-9-17-10-8-14;;/h14-15,17H,3-13H2,1-2H3;2*1H. The summed E-state index contributed by atoms with van der Waals surface area (Å²) in [7, 11) is 4.00. The second-order valence-electron chi connectivity index (χ2n) is 6.49. The van der Waals surface area contributed by atoms with Crippen molar-refractivity contribution in [2.24, 2.45) is 0 Å². The van der Waals surface area contributed by atoms with Gasteiger partial charge in [0.1, 0.15) is 0 Å². The van der Waals surface area contributed by atoms with Gasteiger partial charge in [0.05, 0.1) is 12.6 Å². The molecule has 1 amide bonds. The Bertz CT molecular complexity index is 322. The van der Waals surface area contributed by atoms with Gasteiger partial charge >= 0.3 is 0 Å². The summed E-state index contributed by atoms with van der Waals surface area (Å²) in [5, 5.41) is 3.37. The van der Waals surface area contributed by atoms with E-state index in [4.69, 9.17) is 4.74 Å². The molecule has 0 saturated carbocycles. The van der Waals surface area contributed by atoms with Crippen LogP contribution in [0.15, 0.2) is 0 Å². The summed E-state index contributed by atoms with van der Waals surface area (Å²) < 4.78 is 5.62. The van der Waals surface area contributed by atoms with Gasteiger partial charge in [0.25, 0.3) is 0 Å². The number of carbonyl (C=O) groups excluding carboxylic acids is 1. The second-order valence-corrected chi connectivity index (χ2v) is 6.49. The molecule has 0 bridgehead atoms. The summed E-state index contributed by atoms with van der Waals surface area (Å²) in [4.78, 5) is 16.4. The van der Waals surface area contributed by atoms with Gasteiger partial charge in [-0.2, -0.15) is 0 Å². The Balaban J connectivity index is 0.00000242. The summed E-state index contributed by atoms with van der Waals surface area (Å²) in [6.07, 6.45) is 7.24. The molecule has 0 spiro atoms. The highest BCUT2D eigenvalue weighted by molar-refractivity contribution is 5.85. The van der Waals surface area contributed by atoms with Crippen molar-refractivity contribution in [3.05, 3.63) is 0 Å². The van der Waals surface area contributed by atoms with E-state index in [-0.39, 0.29) is 30.7 Å². The number of nitrogens with zero attached hydrogens (tertiary/aromatic N) is 2. The fraction of sp³-hybridized carbons (Fsp3) is 0.938. The monoisotopic (exact) mass is 369 g/mol. The minimum absolute atomic E-state index is 0. The van der Waals surface area contributed by atoms with Crippen LogP contribution in [0.2, 0.25) is 0 Å². The van der Waals surface area contributed by atoms with Gasteiger partial charge in [-0.3, -0.25) is 9.69 Å². The molecule has 2 fully saturated rings. The SMILES string of the molecule is CN(CCCC1CCCO1)C(=O)CN(C)C1CCNCC1.Cl.Cl. The lowest BCUT2D eigenvalue weighted by Gasteiger charge is -2.32. The van der Waals surface area contributed by atoms with Crippen molar-refractivity contribution in [2.45, 2.75) is 50.7 Å². The summed E-state index contributed by atoms with van der Waals surface area (Å²) in [6, 6.07) is 0.551. The molecule has 0 radical (unpaired) electrons. The minimum atomic E-state index is 0. The molecule has 1 unspecified atom stereocenters. The summed E-state index contributed by atoms with van der Waals surface area (Å²) in [5.74, 6) is 0.239. The van der Waals surface area contributed by atoms with Crippen molar-refractivity contribution in [3.8, 4) is 0 Å². The Morgan fingerprint density at radius 3 is 2.48 bits per heavy atom. The van der Waals surface area contributed by atoms with Gasteiger partial charge in [0, 0.05) is 26.2 Å². The second kappa shape index (κ2) is 12.3. The number of likely N-dealkylation sites (N-methyl/N-ethyl adjacent to an activating group) is 2. The third-order valence-corrected chi connectivity index (χ3v) is 4.79. The van der Waals surface area contributed by atoms with E-state index in [1.165, 1.54) is 12.8 Å². The van der Waals surface area contributed by atoms with E-state index in [0.717, 1.165) is 51.9 Å². The van der Waals surface area contributed by atoms with Crippen molar-refractivity contribution in [1.29, 1.82) is 0 Å². The lowest BCUT2D eigenvalue weighted by molar-refractivity contribution is -0.131. The average molecular weight is 370 g/mol. The molecule has 7 heteroatoms. The maximum Gasteiger partial charge on any atom is 0.236 e. The zero-order chi connectivity index (χ0) is 15.1. The Kier molecular flexibility index (Phi) is 12.3. The molecule has 0 aromatic rings. The lowest BCUT2D eigenvalue weighted by atomic mass is 10.1. The van der Waals surface area contributed by atoms with Crippen LogP contribution in [-0.4, -0.2) is 74.7 Å². The molecule has 5 nitrogen and oxygen atoms in total. The number of hydrogen-bond acceptors (Lipinski definition) is 4. The highest BCUT2D eigenvalue weighted by Gasteiger charge is 2.21. The molecular weight excluding hydrogens is 337 g/mol. The fourth-order valence-corrected chi connectivity index (χ4v) is 3.26. The van der Waals surface area contributed by atoms with Crippen LogP contribution in [0.4, 0.5) is 0 Å². The van der Waals surface area contributed by atoms with E-state index in [2.05, 4.69) is 17.3 Å². The number of piperidine rings is 1. The van der Waals surface area contributed by atoms with E-state index in [1.54, 1.807) is 0 Å². The Hall–Kier alpha value is -0.0700. The fourth-order valence-electron chi connectivity index (χ4n) is 3.26. The first-order valence-corrected chi connectivity index (χ1v) is 8.43. The number of carbonyl (C=O) groups is 1. The van der Waals surface area contributed by atoms with Crippen LogP contribution in [0.25, 0.3) is 0 Å². The minimum Gasteiger partial charge on any atom is -0.378 e. The largest absolute Gasteiger partial charge is 0.378 e. The molecule has 1 atom stereocenters. The molecule has 1 N–H and O–H groups in total. The molecular formula is C16H33Cl2N3O2. The molecule has 2 saturated heterocycles. The van der Waals surface area contributed by atoms with Gasteiger partial charge < -0.3 is 15.0 Å². The van der Waals surface area contributed by atoms with Crippen molar-refractivity contribution in [2.75, 3.05) is 46.9 Å². The van der Waals surface area contributed by atoms with Crippen molar-refractivity contribution >= 4 is 30.7 Å². The third kappa shape index (κ3) is 8.03. The number of amides is 1. The van der Waals surface area contributed by atoms with E-state index in [9.17, 15) is 4.79 Å². The molecule has 2 aliphatic heterocycles. The Morgan fingerprint density at radius 2 is 1.87 bits per heavy atom. The van der Waals surface area contributed by atoms with Gasteiger partial charge in [-0.1, -0.05) is 0 Å². The van der Waals surface area contributed by atoms with Gasteiger partial charge in [-0.05, 0) is 58.7 Å². The van der Waals surface area contributed by atoms with Gasteiger partial charge in [-0.25, -0.2) is 0 Å². The van der Waals surface area contributed by atoms with Crippen molar-refractivity contribution < 1.29 is 9.53 Å². The van der Waals surface area contributed by atoms with Crippen LogP contribution < -0.4 is 5.32 Å². The smallest absolute Gasteiger partial charge is 0.236 e. The first-order chi connectivity index (χ1) is 10.2. The molecule has 0 aliphatic carbocycles. The zero-order valence-corrected chi connectivity index (χ0v) is 16.1. The van der Waals surface area contributed by atoms with Crippen LogP contribution in [0.1, 0.15) is 38.5 Å². The first-order valence-electron chi connectivity index (χ1n) is 8.43. The maximum atomic E-state index is 12.3.